The molecule has 2 aromatic carbocycles. The summed E-state index contributed by atoms with van der Waals surface area (Å²) < 4.78 is 16.9. The molecule has 3 aromatic rings. The van der Waals surface area contributed by atoms with Crippen molar-refractivity contribution in [3.63, 3.8) is 0 Å². The number of hydrogen-bond acceptors (Lipinski definition) is 5. The number of benzene rings is 2. The summed E-state index contributed by atoms with van der Waals surface area (Å²) in [4.78, 5) is 15.4. The van der Waals surface area contributed by atoms with Gasteiger partial charge < -0.3 is 19.2 Å². The Labute approximate surface area is 200 Å². The van der Waals surface area contributed by atoms with E-state index in [1.807, 2.05) is 48.5 Å². The largest absolute Gasteiger partial charge is 0.493 e. The highest BCUT2D eigenvalue weighted by atomic mass is 16.5. The van der Waals surface area contributed by atoms with Crippen LogP contribution in [0.1, 0.15) is 30.4 Å². The SMILES string of the molecule is CN(Cc1ccc(NC(=O)C2=Cc3cc(-c4ccco4)ccc3OCC2)cc1)C1CCOCC1. The van der Waals surface area contributed by atoms with Crippen LogP contribution in [0.4, 0.5) is 5.69 Å². The second-order valence-electron chi connectivity index (χ2n) is 8.91. The van der Waals surface area contributed by atoms with Crippen LogP contribution in [0.2, 0.25) is 0 Å². The molecule has 0 bridgehead atoms. The molecule has 2 aliphatic rings. The summed E-state index contributed by atoms with van der Waals surface area (Å²) >= 11 is 0. The van der Waals surface area contributed by atoms with Crippen molar-refractivity contribution in [1.29, 1.82) is 0 Å². The summed E-state index contributed by atoms with van der Waals surface area (Å²) in [6, 6.07) is 18.4. The Morgan fingerprint density at radius 2 is 1.88 bits per heavy atom. The molecule has 2 aliphatic heterocycles. The molecule has 0 atom stereocenters. The molecule has 0 aliphatic carbocycles. The van der Waals surface area contributed by atoms with E-state index in [4.69, 9.17) is 13.9 Å². The van der Waals surface area contributed by atoms with Gasteiger partial charge in [-0.15, -0.1) is 0 Å². The Kier molecular flexibility index (Phi) is 6.79. The number of nitrogens with zero attached hydrogens (tertiary/aromatic N) is 1. The lowest BCUT2D eigenvalue weighted by Gasteiger charge is -2.31. The van der Waals surface area contributed by atoms with Crippen molar-refractivity contribution < 1.29 is 18.7 Å². The van der Waals surface area contributed by atoms with E-state index in [0.29, 0.717) is 24.6 Å². The first-order valence-electron chi connectivity index (χ1n) is 11.9. The van der Waals surface area contributed by atoms with Crippen molar-refractivity contribution in [3.8, 4) is 17.1 Å². The normalized spacial score (nSPS) is 16.4. The van der Waals surface area contributed by atoms with Gasteiger partial charge in [-0.25, -0.2) is 0 Å². The number of carbonyl (C=O) groups is 1. The Morgan fingerprint density at radius 1 is 1.06 bits per heavy atom. The van der Waals surface area contributed by atoms with Gasteiger partial charge in [0.25, 0.3) is 5.91 Å². The molecule has 0 spiro atoms. The highest BCUT2D eigenvalue weighted by molar-refractivity contribution is 6.07. The first-order chi connectivity index (χ1) is 16.7. The molecule has 34 heavy (non-hydrogen) atoms. The van der Waals surface area contributed by atoms with Crippen LogP contribution >= 0.6 is 0 Å². The van der Waals surface area contributed by atoms with E-state index >= 15 is 0 Å². The summed E-state index contributed by atoms with van der Waals surface area (Å²) in [5.74, 6) is 1.46. The Morgan fingerprint density at radius 3 is 2.65 bits per heavy atom. The molecule has 3 heterocycles. The minimum atomic E-state index is -0.105. The lowest BCUT2D eigenvalue weighted by atomic mass is 10.0. The number of rotatable bonds is 6. The monoisotopic (exact) mass is 458 g/mol. The van der Waals surface area contributed by atoms with E-state index in [9.17, 15) is 4.79 Å². The molecular formula is C28H30N2O4. The van der Waals surface area contributed by atoms with Gasteiger partial charge in [0.2, 0.25) is 0 Å². The van der Waals surface area contributed by atoms with E-state index < -0.39 is 0 Å². The molecule has 5 rings (SSSR count). The van der Waals surface area contributed by atoms with Gasteiger partial charge in [-0.3, -0.25) is 9.69 Å². The number of hydrogen-bond donors (Lipinski definition) is 1. The predicted molar refractivity (Wildman–Crippen MR) is 133 cm³/mol. The van der Waals surface area contributed by atoms with E-state index in [1.165, 1.54) is 5.56 Å². The molecule has 6 heteroatoms. The zero-order valence-electron chi connectivity index (χ0n) is 19.5. The number of nitrogens with one attached hydrogen (secondary N) is 1. The zero-order chi connectivity index (χ0) is 23.3. The van der Waals surface area contributed by atoms with Crippen LogP contribution in [0.3, 0.4) is 0 Å². The van der Waals surface area contributed by atoms with Crippen LogP contribution < -0.4 is 10.1 Å². The molecule has 1 saturated heterocycles. The second-order valence-corrected chi connectivity index (χ2v) is 8.91. The van der Waals surface area contributed by atoms with Crippen molar-refractivity contribution in [2.24, 2.45) is 0 Å². The van der Waals surface area contributed by atoms with E-state index in [-0.39, 0.29) is 5.91 Å². The van der Waals surface area contributed by atoms with Crippen LogP contribution in [-0.2, 0) is 16.1 Å². The van der Waals surface area contributed by atoms with E-state index in [0.717, 1.165) is 60.9 Å². The van der Waals surface area contributed by atoms with Gasteiger partial charge in [-0.1, -0.05) is 12.1 Å². The third-order valence-electron chi connectivity index (χ3n) is 6.52. The van der Waals surface area contributed by atoms with Crippen LogP contribution in [-0.4, -0.2) is 43.7 Å². The van der Waals surface area contributed by atoms with Crippen LogP contribution in [0, 0.1) is 0 Å². The average molecular weight is 459 g/mol. The lowest BCUT2D eigenvalue weighted by molar-refractivity contribution is -0.113. The maximum Gasteiger partial charge on any atom is 0.251 e. The fraction of sp³-hybridized carbons (Fsp3) is 0.321. The molecule has 6 nitrogen and oxygen atoms in total. The van der Waals surface area contributed by atoms with Gasteiger partial charge in [0, 0.05) is 54.6 Å². The topological polar surface area (TPSA) is 63.9 Å². The highest BCUT2D eigenvalue weighted by Crippen LogP contribution is 2.31. The molecule has 1 fully saturated rings. The number of ether oxygens (including phenoxy) is 2. The molecule has 0 unspecified atom stereocenters. The number of anilines is 1. The standard InChI is InChI=1S/C28H30N2O4/c1-30(25-11-14-32-15-12-25)19-20-4-7-24(8-5-20)29-28(31)22-10-16-34-27-9-6-21(17-23(27)18-22)26-3-2-13-33-26/h2-9,13,17-18,25H,10-12,14-16,19H2,1H3,(H,29,31). The maximum atomic E-state index is 13.0. The smallest absolute Gasteiger partial charge is 0.251 e. The first kappa shape index (κ1) is 22.4. The average Bonchev–Trinajstić information content (AvgIpc) is 3.32. The van der Waals surface area contributed by atoms with Gasteiger partial charge in [-0.05, 0) is 74.0 Å². The summed E-state index contributed by atoms with van der Waals surface area (Å²) in [6.07, 6.45) is 6.28. The zero-order valence-corrected chi connectivity index (χ0v) is 19.5. The molecular weight excluding hydrogens is 428 g/mol. The van der Waals surface area contributed by atoms with Gasteiger partial charge in [0.1, 0.15) is 11.5 Å². The van der Waals surface area contributed by atoms with Crippen molar-refractivity contribution >= 4 is 17.7 Å². The molecule has 1 N–H and O–H groups in total. The molecule has 0 radical (unpaired) electrons. The molecule has 0 saturated carbocycles. The Hall–Kier alpha value is -3.35. The van der Waals surface area contributed by atoms with E-state index in [2.05, 4.69) is 29.4 Å². The van der Waals surface area contributed by atoms with Gasteiger partial charge in [-0.2, -0.15) is 0 Å². The van der Waals surface area contributed by atoms with Crippen molar-refractivity contribution in [2.75, 3.05) is 32.2 Å². The lowest BCUT2D eigenvalue weighted by Crippen LogP contribution is -2.36. The van der Waals surface area contributed by atoms with Gasteiger partial charge in [0.05, 0.1) is 12.9 Å². The summed E-state index contributed by atoms with van der Waals surface area (Å²) in [5.41, 5.74) is 4.54. The first-order valence-corrected chi connectivity index (χ1v) is 11.9. The molecule has 176 valence electrons. The fourth-order valence-electron chi connectivity index (χ4n) is 4.55. The fourth-order valence-corrected chi connectivity index (χ4v) is 4.55. The second kappa shape index (κ2) is 10.3. The van der Waals surface area contributed by atoms with Crippen molar-refractivity contribution in [2.45, 2.75) is 31.8 Å². The predicted octanol–water partition coefficient (Wildman–Crippen LogP) is 5.36. The van der Waals surface area contributed by atoms with Gasteiger partial charge >= 0.3 is 0 Å². The third kappa shape index (κ3) is 5.24. The third-order valence-corrected chi connectivity index (χ3v) is 6.52. The van der Waals surface area contributed by atoms with Crippen molar-refractivity contribution in [3.05, 3.63) is 77.6 Å². The number of fused-ring (bicyclic) bond motifs is 1. The van der Waals surface area contributed by atoms with Gasteiger partial charge in [0.15, 0.2) is 0 Å². The summed E-state index contributed by atoms with van der Waals surface area (Å²) in [5, 5.41) is 3.04. The number of furan rings is 1. The van der Waals surface area contributed by atoms with Crippen molar-refractivity contribution in [1.82, 2.24) is 4.90 Å². The maximum absolute atomic E-state index is 13.0. The summed E-state index contributed by atoms with van der Waals surface area (Å²) in [7, 11) is 2.17. The summed E-state index contributed by atoms with van der Waals surface area (Å²) in [6.45, 7) is 3.03. The minimum absolute atomic E-state index is 0.105. The highest BCUT2D eigenvalue weighted by Gasteiger charge is 2.19. The van der Waals surface area contributed by atoms with Crippen LogP contribution in [0.25, 0.3) is 17.4 Å². The van der Waals surface area contributed by atoms with Crippen LogP contribution in [0.5, 0.6) is 5.75 Å². The number of amides is 1. The Bertz CT molecular complexity index is 1150. The van der Waals surface area contributed by atoms with Crippen LogP contribution in [0.15, 0.2) is 70.9 Å². The quantitative estimate of drug-likeness (QED) is 0.539. The minimum Gasteiger partial charge on any atom is -0.493 e. The Balaban J connectivity index is 1.25. The molecule has 1 aromatic heterocycles. The number of carbonyl (C=O) groups excluding carboxylic acids is 1. The van der Waals surface area contributed by atoms with E-state index in [1.54, 1.807) is 6.26 Å². The molecule has 1 amide bonds.